The van der Waals surface area contributed by atoms with E-state index in [2.05, 4.69) is 41.3 Å². The van der Waals surface area contributed by atoms with Crippen LogP contribution in [0.15, 0.2) is 77.8 Å². The first-order valence-corrected chi connectivity index (χ1v) is 20.2. The Kier molecular flexibility index (Phi) is 12.5. The molecule has 1 fully saturated rings. The summed E-state index contributed by atoms with van der Waals surface area (Å²) in [5.74, 6) is -1.46. The van der Waals surface area contributed by atoms with E-state index in [4.69, 9.17) is 4.74 Å². The topological polar surface area (TPSA) is 230 Å². The summed E-state index contributed by atoms with van der Waals surface area (Å²) in [5, 5.41) is 14.3. The average Bonchev–Trinajstić information content (AvgIpc) is 3.29. The van der Waals surface area contributed by atoms with Crippen LogP contribution in [0.2, 0.25) is 0 Å². The van der Waals surface area contributed by atoms with Crippen LogP contribution in [0.5, 0.6) is 5.75 Å². The lowest BCUT2D eigenvalue weighted by atomic mass is 10.1. The van der Waals surface area contributed by atoms with Crippen molar-refractivity contribution in [2.75, 3.05) is 35.6 Å². The number of ether oxygens (including phenoxy) is 1. The molecule has 6 N–H and O–H groups in total. The third-order valence-electron chi connectivity index (χ3n) is 8.96. The number of nitrogens with zero attached hydrogens (tertiary/aromatic N) is 3. The van der Waals surface area contributed by atoms with Gasteiger partial charge in [0, 0.05) is 35.1 Å². The Balaban J connectivity index is 0.942. The zero-order valence-corrected chi connectivity index (χ0v) is 33.3. The fourth-order valence-electron chi connectivity index (χ4n) is 6.32. The maximum absolute atomic E-state index is 13.4. The van der Waals surface area contributed by atoms with E-state index in [1.54, 1.807) is 63.4 Å². The highest BCUT2D eigenvalue weighted by molar-refractivity contribution is 7.89. The molecule has 2 aliphatic rings. The van der Waals surface area contributed by atoms with Crippen LogP contribution in [0.1, 0.15) is 72.7 Å². The number of carbonyl (C=O) groups is 5. The molecule has 0 saturated carbocycles. The van der Waals surface area contributed by atoms with Gasteiger partial charge in [0.25, 0.3) is 11.8 Å². The molecular weight excluding hydrogens is 767 g/mol. The summed E-state index contributed by atoms with van der Waals surface area (Å²) in [5.41, 5.74) is 1.64. The van der Waals surface area contributed by atoms with E-state index < -0.39 is 51.1 Å². The number of aryl methyl sites for hydroxylation is 1. The minimum atomic E-state index is -3.72. The molecule has 0 aliphatic carbocycles. The zero-order chi connectivity index (χ0) is 41.6. The van der Waals surface area contributed by atoms with Crippen LogP contribution in [-0.4, -0.2) is 84.1 Å². The summed E-state index contributed by atoms with van der Waals surface area (Å²) in [4.78, 5) is 73.6. The smallest absolute Gasteiger partial charge is 0.264 e. The van der Waals surface area contributed by atoms with Gasteiger partial charge in [-0.25, -0.2) is 18.1 Å². The van der Waals surface area contributed by atoms with Crippen molar-refractivity contribution >= 4 is 68.4 Å². The van der Waals surface area contributed by atoms with E-state index in [-0.39, 0.29) is 41.1 Å². The van der Waals surface area contributed by atoms with Crippen molar-refractivity contribution in [2.45, 2.75) is 69.9 Å². The van der Waals surface area contributed by atoms with Crippen molar-refractivity contribution in [1.82, 2.24) is 30.2 Å². The molecule has 1 unspecified atom stereocenters. The third-order valence-corrected chi connectivity index (χ3v) is 10.7. The van der Waals surface area contributed by atoms with Crippen LogP contribution in [-0.2, 0) is 24.4 Å². The zero-order valence-electron chi connectivity index (χ0n) is 32.5. The number of sulfonamides is 1. The number of hydrogen-bond acceptors (Lipinski definition) is 13. The van der Waals surface area contributed by atoms with E-state index >= 15 is 0 Å². The lowest BCUT2D eigenvalue weighted by Crippen LogP contribution is -2.49. The normalized spacial score (nSPS) is 15.7. The lowest BCUT2D eigenvalue weighted by molar-refractivity contribution is -0.131. The van der Waals surface area contributed by atoms with Gasteiger partial charge in [-0.05, 0) is 108 Å². The standard InChI is InChI=1S/C40H45N9O8S/c1-24-22-42-39(47-35(24)43-26-9-5-10-28(21-26)58(55,56)48-40(2,3)4)44-25-15-17-27(18-16-25)57-20-8-19-41-23-33(51)45-30-12-6-11-29-34(30)38(54)49(37(29)53)31-13-7-14-32(50)46-36(31)52/h5-6,9-12,15-18,21-22,31,41,48H,7-8,13-14,19-20,23H2,1-4H3,(H,45,51)(H,46,50,52)(H2,42,43,44,47). The van der Waals surface area contributed by atoms with E-state index in [0.29, 0.717) is 54.9 Å². The number of aromatic nitrogens is 2. The summed E-state index contributed by atoms with van der Waals surface area (Å²) < 4.78 is 34.2. The van der Waals surface area contributed by atoms with Crippen LogP contribution >= 0.6 is 0 Å². The Morgan fingerprint density at radius 3 is 2.48 bits per heavy atom. The maximum Gasteiger partial charge on any atom is 0.264 e. The second kappa shape index (κ2) is 17.5. The van der Waals surface area contributed by atoms with Crippen molar-refractivity contribution in [1.29, 1.82) is 0 Å². The first-order chi connectivity index (χ1) is 27.6. The molecule has 1 atom stereocenters. The number of amides is 5. The van der Waals surface area contributed by atoms with Crippen LogP contribution in [0.3, 0.4) is 0 Å². The number of benzene rings is 3. The summed E-state index contributed by atoms with van der Waals surface area (Å²) in [6.07, 6.45) is 2.87. The molecule has 1 aromatic heterocycles. The van der Waals surface area contributed by atoms with Crippen molar-refractivity contribution in [3.8, 4) is 5.75 Å². The third kappa shape index (κ3) is 10.2. The lowest BCUT2D eigenvalue weighted by Gasteiger charge is -2.23. The van der Waals surface area contributed by atoms with Crippen LogP contribution < -0.4 is 36.0 Å². The molecule has 0 bridgehead atoms. The highest BCUT2D eigenvalue weighted by atomic mass is 32.2. The van der Waals surface area contributed by atoms with E-state index in [0.717, 1.165) is 10.5 Å². The van der Waals surface area contributed by atoms with Gasteiger partial charge >= 0.3 is 0 Å². The van der Waals surface area contributed by atoms with Gasteiger partial charge in [0.1, 0.15) is 17.6 Å². The summed E-state index contributed by atoms with van der Waals surface area (Å²) >= 11 is 0. The van der Waals surface area contributed by atoms with Gasteiger partial charge in [-0.1, -0.05) is 12.1 Å². The number of anilines is 5. The van der Waals surface area contributed by atoms with E-state index in [9.17, 15) is 32.4 Å². The Morgan fingerprint density at radius 2 is 1.72 bits per heavy atom. The fraction of sp³-hybridized carbons (Fsp3) is 0.325. The number of hydrogen-bond donors (Lipinski definition) is 6. The van der Waals surface area contributed by atoms with E-state index in [1.807, 2.05) is 19.1 Å². The molecule has 2 aliphatic heterocycles. The van der Waals surface area contributed by atoms with Crippen LogP contribution in [0.4, 0.5) is 28.8 Å². The molecule has 304 valence electrons. The predicted molar refractivity (Wildman–Crippen MR) is 216 cm³/mol. The minimum Gasteiger partial charge on any atom is -0.494 e. The summed E-state index contributed by atoms with van der Waals surface area (Å²) in [6.45, 7) is 7.93. The van der Waals surface area contributed by atoms with Gasteiger partial charge in [0.2, 0.25) is 33.7 Å². The highest BCUT2D eigenvalue weighted by Gasteiger charge is 2.45. The van der Waals surface area contributed by atoms with Crippen molar-refractivity contribution < 1.29 is 37.1 Å². The first kappa shape index (κ1) is 41.4. The van der Waals surface area contributed by atoms with Crippen molar-refractivity contribution in [3.63, 3.8) is 0 Å². The van der Waals surface area contributed by atoms with Crippen molar-refractivity contribution in [2.24, 2.45) is 0 Å². The Labute approximate surface area is 335 Å². The Bertz CT molecular complexity index is 2350. The maximum atomic E-state index is 13.4. The molecule has 4 aromatic rings. The second-order valence-electron chi connectivity index (χ2n) is 14.8. The molecule has 58 heavy (non-hydrogen) atoms. The molecular formula is C40H45N9O8S. The first-order valence-electron chi connectivity index (χ1n) is 18.7. The van der Waals surface area contributed by atoms with Gasteiger partial charge in [-0.2, -0.15) is 4.98 Å². The van der Waals surface area contributed by atoms with Crippen LogP contribution in [0, 0.1) is 6.92 Å². The van der Waals surface area contributed by atoms with Gasteiger partial charge in [0.05, 0.1) is 34.9 Å². The Morgan fingerprint density at radius 1 is 0.966 bits per heavy atom. The number of fused-ring (bicyclic) bond motifs is 1. The number of carbonyl (C=O) groups excluding carboxylic acids is 5. The van der Waals surface area contributed by atoms with Gasteiger partial charge < -0.3 is 26.0 Å². The number of imide groups is 2. The monoisotopic (exact) mass is 811 g/mol. The Hall–Kier alpha value is -6.24. The van der Waals surface area contributed by atoms with E-state index in [1.165, 1.54) is 18.2 Å². The highest BCUT2D eigenvalue weighted by Crippen LogP contribution is 2.32. The molecule has 1 saturated heterocycles. The van der Waals surface area contributed by atoms with Gasteiger partial charge in [-0.3, -0.25) is 34.2 Å². The van der Waals surface area contributed by atoms with Crippen molar-refractivity contribution in [3.05, 3.63) is 89.6 Å². The summed E-state index contributed by atoms with van der Waals surface area (Å²) in [7, 11) is -3.72. The van der Waals surface area contributed by atoms with Gasteiger partial charge in [-0.15, -0.1) is 0 Å². The number of rotatable bonds is 15. The molecule has 18 heteroatoms. The SMILES string of the molecule is Cc1cnc(Nc2ccc(OCCCNCC(=O)Nc3cccc4c3C(=O)N(C3CCCC(=O)NC3=O)C4=O)cc2)nc1Nc1cccc(S(=O)(=O)NC(C)(C)C)c1. The number of nitrogens with one attached hydrogen (secondary N) is 6. The molecule has 3 aromatic carbocycles. The predicted octanol–water partition coefficient (Wildman–Crippen LogP) is 4.14. The molecule has 6 rings (SSSR count). The minimum absolute atomic E-state index is 0.00915. The quantitative estimate of drug-likeness (QED) is 0.0734. The van der Waals surface area contributed by atoms with Crippen LogP contribution in [0.25, 0.3) is 0 Å². The molecule has 0 radical (unpaired) electrons. The van der Waals surface area contributed by atoms with Gasteiger partial charge in [0.15, 0.2) is 0 Å². The molecule has 3 heterocycles. The molecule has 17 nitrogen and oxygen atoms in total. The largest absolute Gasteiger partial charge is 0.494 e. The fourth-order valence-corrected chi connectivity index (χ4v) is 7.79. The summed E-state index contributed by atoms with van der Waals surface area (Å²) in [6, 6.07) is 17.1. The second-order valence-corrected chi connectivity index (χ2v) is 16.5. The molecule has 0 spiro atoms. The molecule has 5 amide bonds. The average molecular weight is 812 g/mol.